The van der Waals surface area contributed by atoms with Gasteiger partial charge < -0.3 is 20.9 Å². The van der Waals surface area contributed by atoms with Gasteiger partial charge in [-0.2, -0.15) is 0 Å². The van der Waals surface area contributed by atoms with Gasteiger partial charge in [-0.3, -0.25) is 14.4 Å². The summed E-state index contributed by atoms with van der Waals surface area (Å²) >= 11 is 0. The van der Waals surface area contributed by atoms with E-state index in [1.807, 2.05) is 45.0 Å². The summed E-state index contributed by atoms with van der Waals surface area (Å²) in [7, 11) is 0. The van der Waals surface area contributed by atoms with Crippen molar-refractivity contribution in [3.05, 3.63) is 59.7 Å². The Morgan fingerprint density at radius 3 is 2.13 bits per heavy atom. The number of benzene rings is 2. The highest BCUT2D eigenvalue weighted by atomic mass is 16.2. The average Bonchev–Trinajstić information content (AvgIpc) is 2.77. The van der Waals surface area contributed by atoms with Crippen molar-refractivity contribution in [2.75, 3.05) is 36.8 Å². The van der Waals surface area contributed by atoms with Gasteiger partial charge in [0.25, 0.3) is 5.91 Å². The van der Waals surface area contributed by atoms with E-state index in [1.54, 1.807) is 24.3 Å². The predicted octanol–water partition coefficient (Wildman–Crippen LogP) is 2.90. The minimum atomic E-state index is -0.733. The van der Waals surface area contributed by atoms with Crippen molar-refractivity contribution >= 4 is 29.1 Å². The summed E-state index contributed by atoms with van der Waals surface area (Å²) in [5.41, 5.74) is 2.75. The molecule has 0 fully saturated rings. The van der Waals surface area contributed by atoms with Crippen LogP contribution in [0, 0.1) is 0 Å². The molecule has 0 heterocycles. The Balaban J connectivity index is 1.88. The number of nitrogens with one attached hydrogen (secondary N) is 3. The van der Waals surface area contributed by atoms with Crippen molar-refractivity contribution in [1.29, 1.82) is 0 Å². The van der Waals surface area contributed by atoms with Gasteiger partial charge in [-0.05, 0) is 55.4 Å². The number of amides is 3. The van der Waals surface area contributed by atoms with Crippen LogP contribution in [0.3, 0.4) is 0 Å². The first-order valence-electron chi connectivity index (χ1n) is 10.3. The third-order valence-corrected chi connectivity index (χ3v) is 4.87. The van der Waals surface area contributed by atoms with Gasteiger partial charge in [0.15, 0.2) is 0 Å². The van der Waals surface area contributed by atoms with E-state index in [0.29, 0.717) is 24.3 Å². The average molecular weight is 411 g/mol. The van der Waals surface area contributed by atoms with Gasteiger partial charge in [-0.1, -0.05) is 39.0 Å². The summed E-state index contributed by atoms with van der Waals surface area (Å²) in [6, 6.07) is 14.1. The van der Waals surface area contributed by atoms with Crippen LogP contribution in [-0.2, 0) is 16.0 Å². The number of hydrogen-bond donors (Lipinski definition) is 3. The van der Waals surface area contributed by atoms with E-state index in [2.05, 4.69) is 20.9 Å². The zero-order valence-corrected chi connectivity index (χ0v) is 17.8. The van der Waals surface area contributed by atoms with Crippen molar-refractivity contribution in [3.8, 4) is 0 Å². The van der Waals surface area contributed by atoms with E-state index in [-0.39, 0.29) is 5.91 Å². The number of anilines is 2. The van der Waals surface area contributed by atoms with E-state index in [1.165, 1.54) is 0 Å². The molecular formula is C23H30N4O3. The molecule has 7 heteroatoms. The van der Waals surface area contributed by atoms with E-state index in [9.17, 15) is 14.4 Å². The lowest BCUT2D eigenvalue weighted by molar-refractivity contribution is -0.136. The zero-order valence-electron chi connectivity index (χ0n) is 17.8. The zero-order chi connectivity index (χ0) is 21.9. The maximum absolute atomic E-state index is 12.5. The highest BCUT2D eigenvalue weighted by Gasteiger charge is 2.14. The number of carbonyl (C=O) groups excluding carboxylic acids is 3. The molecule has 0 aromatic heterocycles. The second-order valence-corrected chi connectivity index (χ2v) is 6.78. The largest absolute Gasteiger partial charge is 0.347 e. The minimum Gasteiger partial charge on any atom is -0.347 e. The molecular weight excluding hydrogens is 380 g/mol. The topological polar surface area (TPSA) is 90.5 Å². The van der Waals surface area contributed by atoms with Gasteiger partial charge >= 0.3 is 11.8 Å². The first kappa shape index (κ1) is 23.1. The Morgan fingerprint density at radius 2 is 1.50 bits per heavy atom. The monoisotopic (exact) mass is 410 g/mol. The van der Waals surface area contributed by atoms with Crippen LogP contribution >= 0.6 is 0 Å². The highest BCUT2D eigenvalue weighted by Crippen LogP contribution is 2.17. The number of hydrogen-bond acceptors (Lipinski definition) is 4. The van der Waals surface area contributed by atoms with Gasteiger partial charge in [0, 0.05) is 30.0 Å². The summed E-state index contributed by atoms with van der Waals surface area (Å²) in [5, 5.41) is 8.06. The van der Waals surface area contributed by atoms with E-state index < -0.39 is 11.8 Å². The third-order valence-electron chi connectivity index (χ3n) is 4.87. The van der Waals surface area contributed by atoms with E-state index in [0.717, 1.165) is 30.8 Å². The lowest BCUT2D eigenvalue weighted by atomic mass is 10.1. The maximum Gasteiger partial charge on any atom is 0.313 e. The molecule has 0 saturated heterocycles. The fourth-order valence-electron chi connectivity index (χ4n) is 2.99. The van der Waals surface area contributed by atoms with Gasteiger partial charge in [0.05, 0.1) is 0 Å². The standard InChI is InChI=1S/C23H30N4O3/c1-4-17-9-7-8-10-20(17)26-21(28)18-11-13-19(14-12-18)25-23(30)22(29)24-15-16-27(5-2)6-3/h7-14H,4-6,15-16H2,1-3H3,(H,24,29)(H,25,30)(H,26,28). The lowest BCUT2D eigenvalue weighted by Crippen LogP contribution is -2.40. The Hall–Kier alpha value is -3.19. The number of para-hydroxylation sites is 1. The van der Waals surface area contributed by atoms with Crippen LogP contribution in [0.2, 0.25) is 0 Å². The maximum atomic E-state index is 12.5. The molecule has 0 aliphatic heterocycles. The summed E-state index contributed by atoms with van der Waals surface area (Å²) in [6.45, 7) is 9.01. The first-order chi connectivity index (χ1) is 14.5. The van der Waals surface area contributed by atoms with Crippen LogP contribution < -0.4 is 16.0 Å². The molecule has 0 atom stereocenters. The molecule has 30 heavy (non-hydrogen) atoms. The molecule has 7 nitrogen and oxygen atoms in total. The third kappa shape index (κ3) is 6.70. The molecule has 0 saturated carbocycles. The number of aryl methyl sites for hydroxylation is 1. The van der Waals surface area contributed by atoms with Crippen LogP contribution in [0.25, 0.3) is 0 Å². The number of nitrogens with zero attached hydrogens (tertiary/aromatic N) is 1. The van der Waals surface area contributed by atoms with Crippen LogP contribution in [-0.4, -0.2) is 48.8 Å². The van der Waals surface area contributed by atoms with Crippen molar-refractivity contribution in [2.24, 2.45) is 0 Å². The number of carbonyl (C=O) groups is 3. The van der Waals surface area contributed by atoms with Crippen molar-refractivity contribution < 1.29 is 14.4 Å². The summed E-state index contributed by atoms with van der Waals surface area (Å²) in [5.74, 6) is -1.65. The smallest absolute Gasteiger partial charge is 0.313 e. The number of likely N-dealkylation sites (N-methyl/N-ethyl adjacent to an activating group) is 1. The van der Waals surface area contributed by atoms with Gasteiger partial charge in [-0.15, -0.1) is 0 Å². The molecule has 0 spiro atoms. The van der Waals surface area contributed by atoms with E-state index >= 15 is 0 Å². The molecule has 3 amide bonds. The SMILES string of the molecule is CCc1ccccc1NC(=O)c1ccc(NC(=O)C(=O)NCCN(CC)CC)cc1. The molecule has 2 rings (SSSR count). The highest BCUT2D eigenvalue weighted by molar-refractivity contribution is 6.39. The van der Waals surface area contributed by atoms with Crippen molar-refractivity contribution in [1.82, 2.24) is 10.2 Å². The van der Waals surface area contributed by atoms with Crippen molar-refractivity contribution in [2.45, 2.75) is 27.2 Å². The molecule has 0 unspecified atom stereocenters. The second-order valence-electron chi connectivity index (χ2n) is 6.78. The minimum absolute atomic E-state index is 0.233. The normalized spacial score (nSPS) is 10.5. The Labute approximate surface area is 177 Å². The fraction of sp³-hybridized carbons (Fsp3) is 0.348. The fourth-order valence-corrected chi connectivity index (χ4v) is 2.99. The van der Waals surface area contributed by atoms with Crippen molar-refractivity contribution in [3.63, 3.8) is 0 Å². The van der Waals surface area contributed by atoms with Crippen LogP contribution in [0.1, 0.15) is 36.7 Å². The molecule has 3 N–H and O–H groups in total. The second kappa shape index (κ2) is 11.7. The Bertz CT molecular complexity index is 861. The molecule has 160 valence electrons. The summed E-state index contributed by atoms with van der Waals surface area (Å²) < 4.78 is 0. The van der Waals surface area contributed by atoms with Crippen LogP contribution in [0.5, 0.6) is 0 Å². The summed E-state index contributed by atoms with van der Waals surface area (Å²) in [4.78, 5) is 38.6. The lowest BCUT2D eigenvalue weighted by Gasteiger charge is -2.17. The Kier molecular flexibility index (Phi) is 9.03. The predicted molar refractivity (Wildman–Crippen MR) is 120 cm³/mol. The molecule has 0 bridgehead atoms. The van der Waals surface area contributed by atoms with Gasteiger partial charge in [-0.25, -0.2) is 0 Å². The number of rotatable bonds is 9. The van der Waals surface area contributed by atoms with Crippen LogP contribution in [0.15, 0.2) is 48.5 Å². The first-order valence-corrected chi connectivity index (χ1v) is 10.3. The molecule has 0 radical (unpaired) electrons. The molecule has 2 aromatic carbocycles. The quantitative estimate of drug-likeness (QED) is 0.555. The van der Waals surface area contributed by atoms with E-state index in [4.69, 9.17) is 0 Å². The Morgan fingerprint density at radius 1 is 0.833 bits per heavy atom. The van der Waals surface area contributed by atoms with Gasteiger partial charge in [0.1, 0.15) is 0 Å². The summed E-state index contributed by atoms with van der Waals surface area (Å²) in [6.07, 6.45) is 0.818. The molecule has 2 aromatic rings. The van der Waals surface area contributed by atoms with Gasteiger partial charge in [0.2, 0.25) is 0 Å². The molecule has 0 aliphatic carbocycles. The van der Waals surface area contributed by atoms with Crippen LogP contribution in [0.4, 0.5) is 11.4 Å². The molecule has 0 aliphatic rings.